The van der Waals surface area contributed by atoms with Gasteiger partial charge < -0.3 is 25.4 Å². The van der Waals surface area contributed by atoms with Crippen molar-refractivity contribution < 1.29 is 24.9 Å². The second kappa shape index (κ2) is 5.13. The van der Waals surface area contributed by atoms with Gasteiger partial charge in [0.1, 0.15) is 23.7 Å². The summed E-state index contributed by atoms with van der Waals surface area (Å²) in [4.78, 5) is 10.8. The van der Waals surface area contributed by atoms with Gasteiger partial charge in [0.15, 0.2) is 0 Å². The van der Waals surface area contributed by atoms with E-state index in [0.29, 0.717) is 0 Å². The van der Waals surface area contributed by atoms with Crippen molar-refractivity contribution in [1.29, 1.82) is 0 Å². The molecule has 5 atom stereocenters. The molecule has 1 saturated heterocycles. The molecule has 6 nitrogen and oxygen atoms in total. The molecule has 2 unspecified atom stereocenters. The Morgan fingerprint density at radius 2 is 2.07 bits per heavy atom. The molecule has 0 aromatic carbocycles. The third-order valence-electron chi connectivity index (χ3n) is 2.27. The number of carbonyl (C=O) groups excluding carboxylic acids is 1. The summed E-state index contributed by atoms with van der Waals surface area (Å²) >= 11 is 4.02. The van der Waals surface area contributed by atoms with Crippen LogP contribution >= 0.6 is 12.6 Å². The van der Waals surface area contributed by atoms with Crippen LogP contribution in [0.1, 0.15) is 6.92 Å². The maximum absolute atomic E-state index is 10.8. The molecule has 0 radical (unpaired) electrons. The molecule has 1 fully saturated rings. The van der Waals surface area contributed by atoms with Gasteiger partial charge in [0.2, 0.25) is 5.91 Å². The van der Waals surface area contributed by atoms with Gasteiger partial charge in [0, 0.05) is 6.92 Å². The molecule has 0 bridgehead atoms. The van der Waals surface area contributed by atoms with Crippen molar-refractivity contribution in [3.63, 3.8) is 0 Å². The summed E-state index contributed by atoms with van der Waals surface area (Å²) in [7, 11) is 0. The standard InChI is InChI=1S/C8H15NO5S/c1-3(11)9-5-7(13)6(12)4(2-10)14-8(5)15/h4-8,10,12-13,15H,2H2,1H3,(H,9,11)/t4?,5-,6+,7?,8-/m0/s1. The van der Waals surface area contributed by atoms with Gasteiger partial charge in [-0.25, -0.2) is 0 Å². The molecule has 88 valence electrons. The van der Waals surface area contributed by atoms with Crippen molar-refractivity contribution in [3.05, 3.63) is 0 Å². The third-order valence-corrected chi connectivity index (χ3v) is 2.71. The first kappa shape index (κ1) is 12.7. The fourth-order valence-electron chi connectivity index (χ4n) is 1.49. The molecule has 1 aliphatic rings. The van der Waals surface area contributed by atoms with Crippen LogP contribution in [0.5, 0.6) is 0 Å². The van der Waals surface area contributed by atoms with Gasteiger partial charge in [-0.2, -0.15) is 0 Å². The molecule has 1 amide bonds. The van der Waals surface area contributed by atoms with E-state index in [0.717, 1.165) is 0 Å². The number of hydrogen-bond donors (Lipinski definition) is 5. The Kier molecular flexibility index (Phi) is 4.35. The third kappa shape index (κ3) is 2.82. The maximum atomic E-state index is 10.8. The normalized spacial score (nSPS) is 41.3. The minimum Gasteiger partial charge on any atom is -0.394 e. The minimum atomic E-state index is -1.24. The molecule has 0 spiro atoms. The molecule has 0 aromatic rings. The SMILES string of the molecule is CC(=O)N[C@H]1C(O)[C@H](O)C(CO)O[C@H]1S. The largest absolute Gasteiger partial charge is 0.394 e. The highest BCUT2D eigenvalue weighted by Gasteiger charge is 2.43. The van der Waals surface area contributed by atoms with Crippen molar-refractivity contribution in [2.45, 2.75) is 36.7 Å². The lowest BCUT2D eigenvalue weighted by molar-refractivity contribution is -0.173. The van der Waals surface area contributed by atoms with Crippen LogP contribution in [0, 0.1) is 0 Å². The molecular weight excluding hydrogens is 222 g/mol. The number of carbonyl (C=O) groups is 1. The summed E-state index contributed by atoms with van der Waals surface area (Å²) in [5.74, 6) is -0.351. The lowest BCUT2D eigenvalue weighted by Gasteiger charge is -2.40. The van der Waals surface area contributed by atoms with E-state index in [1.807, 2.05) is 0 Å². The fraction of sp³-hybridized carbons (Fsp3) is 0.875. The van der Waals surface area contributed by atoms with E-state index in [4.69, 9.17) is 9.84 Å². The number of hydrogen-bond acceptors (Lipinski definition) is 6. The predicted octanol–water partition coefficient (Wildman–Crippen LogP) is -2.14. The van der Waals surface area contributed by atoms with Gasteiger partial charge >= 0.3 is 0 Å². The number of ether oxygens (including phenoxy) is 1. The number of amides is 1. The van der Waals surface area contributed by atoms with Crippen LogP contribution in [0.3, 0.4) is 0 Å². The first-order valence-corrected chi connectivity index (χ1v) is 5.06. The molecule has 15 heavy (non-hydrogen) atoms. The molecule has 1 heterocycles. The molecule has 7 heteroatoms. The maximum Gasteiger partial charge on any atom is 0.217 e. The highest BCUT2D eigenvalue weighted by atomic mass is 32.1. The molecule has 0 aliphatic carbocycles. The first-order chi connectivity index (χ1) is 6.97. The number of aliphatic hydroxyl groups is 3. The van der Waals surface area contributed by atoms with E-state index in [-0.39, 0.29) is 5.91 Å². The summed E-state index contributed by atoms with van der Waals surface area (Å²) in [6.45, 7) is 0.875. The molecule has 0 aromatic heterocycles. The van der Waals surface area contributed by atoms with Gasteiger partial charge in [-0.15, -0.1) is 12.6 Å². The van der Waals surface area contributed by atoms with Gasteiger partial charge in [-0.3, -0.25) is 4.79 Å². The van der Waals surface area contributed by atoms with Crippen LogP contribution in [0.25, 0.3) is 0 Å². The highest BCUT2D eigenvalue weighted by Crippen LogP contribution is 2.22. The number of nitrogens with one attached hydrogen (secondary N) is 1. The Labute approximate surface area is 92.7 Å². The Bertz CT molecular complexity index is 239. The van der Waals surface area contributed by atoms with Crippen molar-refractivity contribution in [2.75, 3.05) is 6.61 Å². The van der Waals surface area contributed by atoms with Crippen LogP contribution in [0.15, 0.2) is 0 Å². The summed E-state index contributed by atoms with van der Waals surface area (Å²) in [6, 6.07) is -0.788. The van der Waals surface area contributed by atoms with Crippen molar-refractivity contribution in [2.24, 2.45) is 0 Å². The van der Waals surface area contributed by atoms with Gasteiger partial charge in [-0.1, -0.05) is 0 Å². The van der Waals surface area contributed by atoms with E-state index in [1.165, 1.54) is 6.92 Å². The fourth-order valence-corrected chi connectivity index (χ4v) is 1.89. The topological polar surface area (TPSA) is 99.0 Å². The van der Waals surface area contributed by atoms with Crippen LogP contribution in [-0.4, -0.2) is 57.6 Å². The van der Waals surface area contributed by atoms with E-state index in [2.05, 4.69) is 17.9 Å². The second-order valence-corrected chi connectivity index (χ2v) is 3.96. The van der Waals surface area contributed by atoms with Gasteiger partial charge in [-0.05, 0) is 0 Å². The number of rotatable bonds is 2. The molecule has 0 saturated carbocycles. The first-order valence-electron chi connectivity index (χ1n) is 4.55. The van der Waals surface area contributed by atoms with Crippen LogP contribution in [0.2, 0.25) is 0 Å². The zero-order chi connectivity index (χ0) is 11.6. The van der Waals surface area contributed by atoms with E-state index >= 15 is 0 Å². The molecule has 4 N–H and O–H groups in total. The monoisotopic (exact) mass is 237 g/mol. The predicted molar refractivity (Wildman–Crippen MR) is 54.4 cm³/mol. The lowest BCUT2D eigenvalue weighted by atomic mass is 9.98. The van der Waals surface area contributed by atoms with E-state index < -0.39 is 36.4 Å². The van der Waals surface area contributed by atoms with Crippen LogP contribution < -0.4 is 5.32 Å². The van der Waals surface area contributed by atoms with Crippen LogP contribution in [-0.2, 0) is 9.53 Å². The quantitative estimate of drug-likeness (QED) is 0.353. The molecular formula is C8H15NO5S. The van der Waals surface area contributed by atoms with Gasteiger partial charge in [0.05, 0.1) is 12.6 Å². The van der Waals surface area contributed by atoms with Crippen molar-refractivity contribution >= 4 is 18.5 Å². The summed E-state index contributed by atoms with van der Waals surface area (Å²) in [6.07, 6.45) is -3.33. The molecule has 1 rings (SSSR count). The number of aliphatic hydroxyl groups excluding tert-OH is 3. The summed E-state index contributed by atoms with van der Waals surface area (Å²) in [5.41, 5.74) is -0.760. The van der Waals surface area contributed by atoms with E-state index in [1.54, 1.807) is 0 Å². The van der Waals surface area contributed by atoms with Crippen LogP contribution in [0.4, 0.5) is 0 Å². The smallest absolute Gasteiger partial charge is 0.217 e. The Hall–Kier alpha value is -0.340. The lowest BCUT2D eigenvalue weighted by Crippen LogP contribution is -2.62. The Balaban J connectivity index is 2.70. The minimum absolute atomic E-state index is 0.351. The van der Waals surface area contributed by atoms with E-state index in [9.17, 15) is 15.0 Å². The second-order valence-electron chi connectivity index (χ2n) is 3.46. The Morgan fingerprint density at radius 1 is 1.47 bits per heavy atom. The molecule has 1 aliphatic heterocycles. The zero-order valence-electron chi connectivity index (χ0n) is 8.20. The summed E-state index contributed by atoms with van der Waals surface area (Å²) < 4.78 is 5.12. The zero-order valence-corrected chi connectivity index (χ0v) is 9.09. The van der Waals surface area contributed by atoms with Crippen molar-refractivity contribution in [1.82, 2.24) is 5.32 Å². The van der Waals surface area contributed by atoms with Crippen molar-refractivity contribution in [3.8, 4) is 0 Å². The summed E-state index contributed by atoms with van der Waals surface area (Å²) in [5, 5.41) is 30.4. The highest BCUT2D eigenvalue weighted by molar-refractivity contribution is 7.80. The average Bonchev–Trinajstić information content (AvgIpc) is 2.18. The van der Waals surface area contributed by atoms with Gasteiger partial charge in [0.25, 0.3) is 0 Å². The average molecular weight is 237 g/mol. The Morgan fingerprint density at radius 3 is 2.53 bits per heavy atom. The number of thiol groups is 1.